The number of piperazine rings is 1. The average molecular weight is 220 g/mol. The van der Waals surface area contributed by atoms with Crippen molar-refractivity contribution < 1.29 is 4.79 Å². The van der Waals surface area contributed by atoms with E-state index < -0.39 is 0 Å². The van der Waals surface area contributed by atoms with E-state index in [4.69, 9.17) is 0 Å². The Bertz CT molecular complexity index is 365. The van der Waals surface area contributed by atoms with Crippen molar-refractivity contribution in [1.29, 1.82) is 0 Å². The minimum Gasteiger partial charge on any atom is -0.338 e. The van der Waals surface area contributed by atoms with Crippen LogP contribution < -0.4 is 4.90 Å². The number of likely N-dealkylation sites (N-methyl/N-ethyl adjacent to an activating group) is 1. The molecule has 0 N–H and O–H groups in total. The summed E-state index contributed by atoms with van der Waals surface area (Å²) in [5.74, 6) is 0.713. The molecule has 0 bridgehead atoms. The van der Waals surface area contributed by atoms with Gasteiger partial charge in [0.1, 0.15) is 0 Å². The molecule has 5 heteroatoms. The van der Waals surface area contributed by atoms with Crippen LogP contribution in [-0.2, 0) is 0 Å². The first-order valence-electron chi connectivity index (χ1n) is 5.43. The number of hydrogen-bond donors (Lipinski definition) is 0. The molecule has 1 fully saturated rings. The van der Waals surface area contributed by atoms with E-state index in [1.165, 1.54) is 0 Å². The largest absolute Gasteiger partial charge is 0.338 e. The number of aromatic nitrogens is 2. The Balaban J connectivity index is 2.09. The first-order chi connectivity index (χ1) is 7.70. The highest BCUT2D eigenvalue weighted by atomic mass is 16.1. The summed E-state index contributed by atoms with van der Waals surface area (Å²) >= 11 is 0. The third kappa shape index (κ3) is 2.19. The van der Waals surface area contributed by atoms with Crippen molar-refractivity contribution in [3.8, 4) is 0 Å². The molecule has 0 amide bonds. The van der Waals surface area contributed by atoms with Gasteiger partial charge in [-0.25, -0.2) is 9.97 Å². The number of rotatable bonds is 2. The Morgan fingerprint density at radius 3 is 2.62 bits per heavy atom. The van der Waals surface area contributed by atoms with Gasteiger partial charge in [0, 0.05) is 38.1 Å². The maximum absolute atomic E-state index is 10.5. The average Bonchev–Trinajstić information content (AvgIpc) is 2.33. The summed E-state index contributed by atoms with van der Waals surface area (Å²) in [5.41, 5.74) is 0.519. The highest BCUT2D eigenvalue weighted by Crippen LogP contribution is 2.13. The Morgan fingerprint density at radius 2 is 2.06 bits per heavy atom. The SMILES string of the molecule is CC1CN(c2ncc(C=O)cn2)CCN1C. The number of carbonyl (C=O) groups is 1. The van der Waals surface area contributed by atoms with Gasteiger partial charge in [-0.15, -0.1) is 0 Å². The number of aldehydes is 1. The van der Waals surface area contributed by atoms with Crippen molar-refractivity contribution in [3.63, 3.8) is 0 Å². The van der Waals surface area contributed by atoms with E-state index in [2.05, 4.69) is 33.7 Å². The minimum atomic E-state index is 0.503. The van der Waals surface area contributed by atoms with E-state index >= 15 is 0 Å². The van der Waals surface area contributed by atoms with Crippen molar-refractivity contribution in [2.75, 3.05) is 31.6 Å². The Kier molecular flexibility index (Phi) is 3.14. The van der Waals surface area contributed by atoms with Gasteiger partial charge in [0.15, 0.2) is 6.29 Å². The molecule has 2 heterocycles. The van der Waals surface area contributed by atoms with Gasteiger partial charge < -0.3 is 9.80 Å². The van der Waals surface area contributed by atoms with E-state index in [0.717, 1.165) is 25.9 Å². The second kappa shape index (κ2) is 4.57. The first kappa shape index (κ1) is 11.0. The van der Waals surface area contributed by atoms with Gasteiger partial charge in [-0.2, -0.15) is 0 Å². The molecule has 1 aliphatic heterocycles. The fraction of sp³-hybridized carbons (Fsp3) is 0.545. The molecule has 5 nitrogen and oxygen atoms in total. The minimum absolute atomic E-state index is 0.503. The van der Waals surface area contributed by atoms with Crippen molar-refractivity contribution in [3.05, 3.63) is 18.0 Å². The normalized spacial score (nSPS) is 22.1. The Morgan fingerprint density at radius 1 is 1.38 bits per heavy atom. The van der Waals surface area contributed by atoms with Crippen LogP contribution in [0.25, 0.3) is 0 Å². The molecule has 1 unspecified atom stereocenters. The molecule has 16 heavy (non-hydrogen) atoms. The molecule has 1 aliphatic rings. The van der Waals surface area contributed by atoms with E-state index in [0.29, 0.717) is 17.6 Å². The van der Waals surface area contributed by atoms with E-state index in [1.807, 2.05) is 0 Å². The highest BCUT2D eigenvalue weighted by molar-refractivity contribution is 5.73. The van der Waals surface area contributed by atoms with Crippen molar-refractivity contribution in [2.45, 2.75) is 13.0 Å². The van der Waals surface area contributed by atoms with Crippen molar-refractivity contribution >= 4 is 12.2 Å². The summed E-state index contributed by atoms with van der Waals surface area (Å²) in [6, 6.07) is 0.503. The highest BCUT2D eigenvalue weighted by Gasteiger charge is 2.22. The van der Waals surface area contributed by atoms with Crippen molar-refractivity contribution in [1.82, 2.24) is 14.9 Å². The zero-order chi connectivity index (χ0) is 11.5. The quantitative estimate of drug-likeness (QED) is 0.676. The summed E-state index contributed by atoms with van der Waals surface area (Å²) < 4.78 is 0. The van der Waals surface area contributed by atoms with Gasteiger partial charge in [0.25, 0.3) is 0 Å². The number of anilines is 1. The van der Waals surface area contributed by atoms with Crippen LogP contribution in [-0.4, -0.2) is 53.9 Å². The van der Waals surface area contributed by atoms with Gasteiger partial charge in [0.05, 0.1) is 5.56 Å². The molecule has 2 rings (SSSR count). The number of nitrogens with zero attached hydrogens (tertiary/aromatic N) is 4. The maximum atomic E-state index is 10.5. The lowest BCUT2D eigenvalue weighted by molar-refractivity contribution is 0.112. The molecule has 0 aromatic carbocycles. The summed E-state index contributed by atoms with van der Waals surface area (Å²) in [6.07, 6.45) is 3.90. The summed E-state index contributed by atoms with van der Waals surface area (Å²) in [4.78, 5) is 23.4. The van der Waals surface area contributed by atoms with Crippen LogP contribution in [0, 0.1) is 0 Å². The Hall–Kier alpha value is -1.49. The smallest absolute Gasteiger partial charge is 0.225 e. The lowest BCUT2D eigenvalue weighted by Crippen LogP contribution is -2.50. The monoisotopic (exact) mass is 220 g/mol. The summed E-state index contributed by atoms with van der Waals surface area (Å²) in [6.45, 7) is 5.06. The molecular weight excluding hydrogens is 204 g/mol. The zero-order valence-corrected chi connectivity index (χ0v) is 9.63. The predicted octanol–water partition coefficient (Wildman–Crippen LogP) is 0.429. The van der Waals surface area contributed by atoms with Crippen LogP contribution in [0.3, 0.4) is 0 Å². The van der Waals surface area contributed by atoms with Crippen LogP contribution in [0.15, 0.2) is 12.4 Å². The predicted molar refractivity (Wildman–Crippen MR) is 61.7 cm³/mol. The third-order valence-corrected chi connectivity index (χ3v) is 3.04. The van der Waals surface area contributed by atoms with Gasteiger partial charge >= 0.3 is 0 Å². The van der Waals surface area contributed by atoms with Crippen LogP contribution >= 0.6 is 0 Å². The van der Waals surface area contributed by atoms with Crippen LogP contribution in [0.1, 0.15) is 17.3 Å². The lowest BCUT2D eigenvalue weighted by Gasteiger charge is -2.37. The van der Waals surface area contributed by atoms with Gasteiger partial charge in [0.2, 0.25) is 5.95 Å². The molecule has 1 aromatic rings. The lowest BCUT2D eigenvalue weighted by atomic mass is 10.2. The standard InChI is InChI=1S/C11H16N4O/c1-9-7-15(4-3-14(9)2)11-12-5-10(8-16)6-13-11/h5-6,8-9H,3-4,7H2,1-2H3. The van der Waals surface area contributed by atoms with Gasteiger partial charge in [-0.3, -0.25) is 4.79 Å². The van der Waals surface area contributed by atoms with Crippen LogP contribution in [0.5, 0.6) is 0 Å². The first-order valence-corrected chi connectivity index (χ1v) is 5.43. The Labute approximate surface area is 95.1 Å². The van der Waals surface area contributed by atoms with Crippen molar-refractivity contribution in [2.24, 2.45) is 0 Å². The molecule has 0 spiro atoms. The molecule has 0 saturated carbocycles. The van der Waals surface area contributed by atoms with E-state index in [1.54, 1.807) is 12.4 Å². The second-order valence-corrected chi connectivity index (χ2v) is 4.21. The molecule has 1 aromatic heterocycles. The fourth-order valence-electron chi connectivity index (χ4n) is 1.79. The van der Waals surface area contributed by atoms with E-state index in [-0.39, 0.29) is 0 Å². The molecular formula is C11H16N4O. The number of hydrogen-bond acceptors (Lipinski definition) is 5. The fourth-order valence-corrected chi connectivity index (χ4v) is 1.79. The zero-order valence-electron chi connectivity index (χ0n) is 9.63. The van der Waals surface area contributed by atoms with Gasteiger partial charge in [-0.1, -0.05) is 0 Å². The van der Waals surface area contributed by atoms with E-state index in [9.17, 15) is 4.79 Å². The molecule has 86 valence electrons. The van der Waals surface area contributed by atoms with Crippen LogP contribution in [0.4, 0.5) is 5.95 Å². The van der Waals surface area contributed by atoms with Gasteiger partial charge in [-0.05, 0) is 14.0 Å². The molecule has 1 atom stereocenters. The molecule has 0 aliphatic carbocycles. The summed E-state index contributed by atoms with van der Waals surface area (Å²) in [7, 11) is 2.12. The second-order valence-electron chi connectivity index (χ2n) is 4.21. The molecule has 0 radical (unpaired) electrons. The topological polar surface area (TPSA) is 49.3 Å². The maximum Gasteiger partial charge on any atom is 0.225 e. The third-order valence-electron chi connectivity index (χ3n) is 3.04. The van der Waals surface area contributed by atoms with Crippen LogP contribution in [0.2, 0.25) is 0 Å². The molecule has 1 saturated heterocycles. The summed E-state index contributed by atoms with van der Waals surface area (Å²) in [5, 5.41) is 0. The number of carbonyl (C=O) groups excluding carboxylic acids is 1.